The van der Waals surface area contributed by atoms with E-state index >= 15 is 0 Å². The van der Waals surface area contributed by atoms with E-state index in [-0.39, 0.29) is 6.61 Å². The molecule has 1 fully saturated rings. The monoisotopic (exact) mass is 358 g/mol. The van der Waals surface area contributed by atoms with E-state index < -0.39 is 12.1 Å². The van der Waals surface area contributed by atoms with E-state index in [1.807, 2.05) is 0 Å². The number of hydrogen-bond acceptors (Lipinski definition) is 5. The van der Waals surface area contributed by atoms with Gasteiger partial charge in [0, 0.05) is 4.47 Å². The average Bonchev–Trinajstić information content (AvgIpc) is 3.29. The number of aliphatic hydroxyl groups is 1. The highest BCUT2D eigenvalue weighted by Crippen LogP contribution is 2.41. The molecule has 1 saturated carbocycles. The summed E-state index contributed by atoms with van der Waals surface area (Å²) in [6.45, 7) is 2.45. The summed E-state index contributed by atoms with van der Waals surface area (Å²) in [5, 5.41) is 10.2. The summed E-state index contributed by atoms with van der Waals surface area (Å²) in [7, 11) is 1.52. The molecule has 0 amide bonds. The fraction of sp³-hybridized carbons (Fsp3) is 0.533. The van der Waals surface area contributed by atoms with E-state index in [2.05, 4.69) is 15.9 Å². The molecule has 1 aliphatic carbocycles. The van der Waals surface area contributed by atoms with Crippen LogP contribution in [0.4, 0.5) is 0 Å². The molecule has 0 aromatic heterocycles. The number of esters is 1. The summed E-state index contributed by atoms with van der Waals surface area (Å²) in [5.41, 5.74) is 0.341. The second kappa shape index (κ2) is 7.13. The van der Waals surface area contributed by atoms with Crippen LogP contribution in [0, 0.1) is 5.92 Å². The lowest BCUT2D eigenvalue weighted by molar-refractivity contribution is -0.153. The summed E-state index contributed by atoms with van der Waals surface area (Å²) < 4.78 is 16.5. The minimum Gasteiger partial charge on any atom is -0.493 e. The van der Waals surface area contributed by atoms with Crippen molar-refractivity contribution < 1.29 is 24.1 Å². The first-order valence-electron chi connectivity index (χ1n) is 6.92. The van der Waals surface area contributed by atoms with Crippen molar-refractivity contribution in [3.8, 4) is 11.5 Å². The number of methoxy groups -OCH3 is 1. The van der Waals surface area contributed by atoms with Gasteiger partial charge in [-0.2, -0.15) is 0 Å². The van der Waals surface area contributed by atoms with Crippen LogP contribution in [0.25, 0.3) is 0 Å². The van der Waals surface area contributed by atoms with Gasteiger partial charge in [0.05, 0.1) is 25.9 Å². The van der Waals surface area contributed by atoms with E-state index in [1.165, 1.54) is 7.11 Å². The van der Waals surface area contributed by atoms with Crippen LogP contribution < -0.4 is 9.47 Å². The van der Waals surface area contributed by atoms with E-state index in [0.717, 1.165) is 12.8 Å². The summed E-state index contributed by atoms with van der Waals surface area (Å²) in [5.74, 6) is 0.709. The molecular weight excluding hydrogens is 340 g/mol. The minimum absolute atomic E-state index is 0.204. The molecule has 1 aliphatic rings. The topological polar surface area (TPSA) is 65.0 Å². The van der Waals surface area contributed by atoms with Gasteiger partial charge < -0.3 is 19.3 Å². The van der Waals surface area contributed by atoms with Crippen molar-refractivity contribution in [1.82, 2.24) is 0 Å². The molecule has 21 heavy (non-hydrogen) atoms. The Morgan fingerprint density at radius 1 is 1.48 bits per heavy atom. The van der Waals surface area contributed by atoms with Crippen molar-refractivity contribution in [2.24, 2.45) is 5.92 Å². The first-order valence-corrected chi connectivity index (χ1v) is 7.71. The number of ether oxygens (including phenoxy) is 3. The van der Waals surface area contributed by atoms with Crippen LogP contribution in [0.15, 0.2) is 16.6 Å². The van der Waals surface area contributed by atoms with Crippen LogP contribution in [0.3, 0.4) is 0 Å². The maximum Gasteiger partial charge on any atom is 0.339 e. The molecule has 6 heteroatoms. The SMILES string of the molecule is CCOC(=O)C(O)c1c(Br)ccc(OC)c1OCC1CC1. The van der Waals surface area contributed by atoms with Crippen molar-refractivity contribution in [1.29, 1.82) is 0 Å². The first kappa shape index (κ1) is 16.1. The molecular formula is C15H19BrO5. The number of hydrogen-bond donors (Lipinski definition) is 1. The number of rotatable bonds is 7. The molecule has 0 heterocycles. The minimum atomic E-state index is -1.41. The highest BCUT2D eigenvalue weighted by atomic mass is 79.9. The van der Waals surface area contributed by atoms with Crippen LogP contribution >= 0.6 is 15.9 Å². The summed E-state index contributed by atoms with van der Waals surface area (Å²) in [6, 6.07) is 3.44. The van der Waals surface area contributed by atoms with Crippen molar-refractivity contribution in [2.75, 3.05) is 20.3 Å². The number of carbonyl (C=O) groups excluding carboxylic acids is 1. The number of carbonyl (C=O) groups is 1. The zero-order valence-electron chi connectivity index (χ0n) is 12.1. The Morgan fingerprint density at radius 2 is 2.19 bits per heavy atom. The van der Waals surface area contributed by atoms with E-state index in [1.54, 1.807) is 19.1 Å². The molecule has 0 aliphatic heterocycles. The lowest BCUT2D eigenvalue weighted by Crippen LogP contribution is -2.17. The highest BCUT2D eigenvalue weighted by Gasteiger charge is 2.29. The van der Waals surface area contributed by atoms with Crippen LogP contribution in [-0.2, 0) is 9.53 Å². The van der Waals surface area contributed by atoms with Crippen molar-refractivity contribution >= 4 is 21.9 Å². The van der Waals surface area contributed by atoms with Crippen LogP contribution in [0.1, 0.15) is 31.4 Å². The predicted molar refractivity (Wildman–Crippen MR) is 80.5 cm³/mol. The Hall–Kier alpha value is -1.27. The van der Waals surface area contributed by atoms with Gasteiger partial charge in [0.25, 0.3) is 0 Å². The molecule has 0 saturated heterocycles. The molecule has 2 rings (SSSR count). The van der Waals surface area contributed by atoms with Gasteiger partial charge in [0.15, 0.2) is 17.6 Å². The maximum atomic E-state index is 11.8. The third-order valence-corrected chi connectivity index (χ3v) is 3.96. The quantitative estimate of drug-likeness (QED) is 0.759. The van der Waals surface area contributed by atoms with Crippen molar-refractivity contribution in [2.45, 2.75) is 25.9 Å². The van der Waals surface area contributed by atoms with Crippen LogP contribution in [0.2, 0.25) is 0 Å². The smallest absolute Gasteiger partial charge is 0.339 e. The molecule has 1 atom stereocenters. The Kier molecular flexibility index (Phi) is 5.47. The molecule has 1 N–H and O–H groups in total. The number of halogens is 1. The maximum absolute atomic E-state index is 11.8. The van der Waals surface area contributed by atoms with Crippen molar-refractivity contribution in [3.63, 3.8) is 0 Å². The van der Waals surface area contributed by atoms with E-state index in [4.69, 9.17) is 14.2 Å². The third-order valence-electron chi connectivity index (χ3n) is 3.27. The average molecular weight is 359 g/mol. The highest BCUT2D eigenvalue weighted by molar-refractivity contribution is 9.10. The fourth-order valence-electron chi connectivity index (χ4n) is 1.94. The number of aliphatic hydroxyl groups excluding tert-OH is 1. The van der Waals surface area contributed by atoms with E-state index in [0.29, 0.717) is 34.1 Å². The van der Waals surface area contributed by atoms with Gasteiger partial charge >= 0.3 is 5.97 Å². The molecule has 1 unspecified atom stereocenters. The molecule has 5 nitrogen and oxygen atoms in total. The number of benzene rings is 1. The second-order valence-corrected chi connectivity index (χ2v) is 5.76. The van der Waals surface area contributed by atoms with Gasteiger partial charge in [-0.05, 0) is 37.8 Å². The van der Waals surface area contributed by atoms with Gasteiger partial charge in [-0.3, -0.25) is 0 Å². The van der Waals surface area contributed by atoms with Gasteiger partial charge in [-0.1, -0.05) is 15.9 Å². The Labute approximate surface area is 132 Å². The molecule has 1 aromatic carbocycles. The largest absolute Gasteiger partial charge is 0.493 e. The predicted octanol–water partition coefficient (Wildman–Crippen LogP) is 2.84. The van der Waals surface area contributed by atoms with Gasteiger partial charge in [-0.15, -0.1) is 0 Å². The Balaban J connectivity index is 2.32. The van der Waals surface area contributed by atoms with Crippen molar-refractivity contribution in [3.05, 3.63) is 22.2 Å². The van der Waals surface area contributed by atoms with Gasteiger partial charge in [0.1, 0.15) is 0 Å². The lowest BCUT2D eigenvalue weighted by Gasteiger charge is -2.19. The second-order valence-electron chi connectivity index (χ2n) is 4.90. The zero-order chi connectivity index (χ0) is 15.4. The molecule has 0 spiro atoms. The van der Waals surface area contributed by atoms with Gasteiger partial charge in [0.2, 0.25) is 0 Å². The molecule has 0 radical (unpaired) electrons. The van der Waals surface area contributed by atoms with Gasteiger partial charge in [-0.25, -0.2) is 4.79 Å². The third kappa shape index (κ3) is 3.89. The van der Waals surface area contributed by atoms with E-state index in [9.17, 15) is 9.90 Å². The van der Waals surface area contributed by atoms with Crippen LogP contribution in [-0.4, -0.2) is 31.4 Å². The zero-order valence-corrected chi connectivity index (χ0v) is 13.7. The summed E-state index contributed by atoms with van der Waals surface area (Å²) >= 11 is 3.35. The lowest BCUT2D eigenvalue weighted by atomic mass is 10.1. The Morgan fingerprint density at radius 3 is 2.76 bits per heavy atom. The summed E-state index contributed by atoms with van der Waals surface area (Å²) in [4.78, 5) is 11.8. The summed E-state index contributed by atoms with van der Waals surface area (Å²) in [6.07, 6.45) is 0.877. The molecule has 1 aromatic rings. The molecule has 116 valence electrons. The standard InChI is InChI=1S/C15H19BrO5/c1-3-20-15(18)13(17)12-10(16)6-7-11(19-2)14(12)21-8-9-4-5-9/h6-7,9,13,17H,3-5,8H2,1-2H3. The fourth-order valence-corrected chi connectivity index (χ4v) is 2.47. The first-order chi connectivity index (χ1) is 10.1. The normalized spacial score (nSPS) is 15.4. The molecule has 0 bridgehead atoms. The Bertz CT molecular complexity index is 513. The van der Waals surface area contributed by atoms with Crippen LogP contribution in [0.5, 0.6) is 11.5 Å².